The Morgan fingerprint density at radius 3 is 2.74 bits per heavy atom. The molecule has 2 amide bonds. The van der Waals surface area contributed by atoms with E-state index in [1.54, 1.807) is 0 Å². The molecule has 0 aliphatic heterocycles. The van der Waals surface area contributed by atoms with E-state index in [-0.39, 0.29) is 12.6 Å². The molecule has 7 heteroatoms. The maximum Gasteiger partial charge on any atom is 0.319 e. The summed E-state index contributed by atoms with van der Waals surface area (Å²) in [5.74, 6) is 1.29. The summed E-state index contributed by atoms with van der Waals surface area (Å²) in [6, 6.07) is 7.62. The van der Waals surface area contributed by atoms with Gasteiger partial charge in [0, 0.05) is 12.2 Å². The Morgan fingerprint density at radius 1 is 1.30 bits per heavy atom. The highest BCUT2D eigenvalue weighted by molar-refractivity contribution is 5.89. The molecule has 2 aromatic rings. The van der Waals surface area contributed by atoms with Gasteiger partial charge < -0.3 is 10.6 Å². The van der Waals surface area contributed by atoms with Crippen LogP contribution in [-0.2, 0) is 13.1 Å². The van der Waals surface area contributed by atoms with Crippen molar-refractivity contribution in [1.82, 2.24) is 25.4 Å². The first-order chi connectivity index (χ1) is 11.1. The first-order valence-electron chi connectivity index (χ1n) is 7.84. The molecule has 0 bridgehead atoms. The zero-order chi connectivity index (χ0) is 16.7. The van der Waals surface area contributed by atoms with Crippen molar-refractivity contribution in [2.75, 3.05) is 18.4 Å². The molecule has 0 fully saturated rings. The molecule has 7 nitrogen and oxygen atoms in total. The quantitative estimate of drug-likeness (QED) is 0.731. The SMILES string of the molecule is CCN(CC)Cc1cccc(NC(=O)NCc2n[nH]c(C)n2)c1. The minimum absolute atomic E-state index is 0.271. The van der Waals surface area contributed by atoms with Gasteiger partial charge in [-0.1, -0.05) is 26.0 Å². The number of anilines is 1. The van der Waals surface area contributed by atoms with E-state index in [9.17, 15) is 4.79 Å². The van der Waals surface area contributed by atoms with E-state index >= 15 is 0 Å². The highest BCUT2D eigenvalue weighted by Gasteiger charge is 2.06. The van der Waals surface area contributed by atoms with Crippen LogP contribution in [0.1, 0.15) is 31.1 Å². The number of hydrogen-bond donors (Lipinski definition) is 3. The number of aryl methyl sites for hydroxylation is 1. The fraction of sp³-hybridized carbons (Fsp3) is 0.438. The molecule has 0 radical (unpaired) electrons. The summed E-state index contributed by atoms with van der Waals surface area (Å²) < 4.78 is 0. The second kappa shape index (κ2) is 8.28. The van der Waals surface area contributed by atoms with Gasteiger partial charge in [-0.3, -0.25) is 10.00 Å². The Kier molecular flexibility index (Phi) is 6.10. The van der Waals surface area contributed by atoms with Crippen LogP contribution in [0.15, 0.2) is 24.3 Å². The molecule has 1 heterocycles. The van der Waals surface area contributed by atoms with Gasteiger partial charge in [-0.25, -0.2) is 9.78 Å². The van der Waals surface area contributed by atoms with Gasteiger partial charge in [-0.05, 0) is 37.7 Å². The zero-order valence-corrected chi connectivity index (χ0v) is 13.9. The van der Waals surface area contributed by atoms with Crippen LogP contribution in [0.2, 0.25) is 0 Å². The molecule has 3 N–H and O–H groups in total. The molecular weight excluding hydrogens is 292 g/mol. The number of aromatic nitrogens is 3. The molecule has 2 rings (SSSR count). The highest BCUT2D eigenvalue weighted by atomic mass is 16.2. The second-order valence-electron chi connectivity index (χ2n) is 5.31. The zero-order valence-electron chi connectivity index (χ0n) is 13.9. The van der Waals surface area contributed by atoms with Crippen molar-refractivity contribution in [3.05, 3.63) is 41.5 Å². The van der Waals surface area contributed by atoms with Gasteiger partial charge in [-0.2, -0.15) is 5.10 Å². The van der Waals surface area contributed by atoms with Crippen LogP contribution >= 0.6 is 0 Å². The summed E-state index contributed by atoms with van der Waals surface area (Å²) in [4.78, 5) is 18.4. The van der Waals surface area contributed by atoms with Crippen molar-refractivity contribution in [3.8, 4) is 0 Å². The van der Waals surface area contributed by atoms with Gasteiger partial charge in [-0.15, -0.1) is 0 Å². The molecule has 0 aliphatic rings. The number of urea groups is 1. The molecule has 0 saturated heterocycles. The average Bonchev–Trinajstić information content (AvgIpc) is 2.96. The van der Waals surface area contributed by atoms with Crippen LogP contribution in [0, 0.1) is 6.92 Å². The Bertz CT molecular complexity index is 635. The van der Waals surface area contributed by atoms with Crippen molar-refractivity contribution in [2.45, 2.75) is 33.9 Å². The number of nitrogens with one attached hydrogen (secondary N) is 3. The molecule has 0 spiro atoms. The molecule has 1 aromatic carbocycles. The molecule has 124 valence electrons. The second-order valence-corrected chi connectivity index (χ2v) is 5.31. The van der Waals surface area contributed by atoms with Crippen LogP contribution in [0.3, 0.4) is 0 Å². The van der Waals surface area contributed by atoms with Gasteiger partial charge in [0.15, 0.2) is 5.82 Å². The molecule has 23 heavy (non-hydrogen) atoms. The van der Waals surface area contributed by atoms with Crippen LogP contribution in [-0.4, -0.2) is 39.2 Å². The van der Waals surface area contributed by atoms with Gasteiger partial charge >= 0.3 is 6.03 Å². The van der Waals surface area contributed by atoms with Crippen LogP contribution in [0.25, 0.3) is 0 Å². The van der Waals surface area contributed by atoms with Gasteiger partial charge in [0.2, 0.25) is 0 Å². The lowest BCUT2D eigenvalue weighted by Crippen LogP contribution is -2.28. The highest BCUT2D eigenvalue weighted by Crippen LogP contribution is 2.12. The van der Waals surface area contributed by atoms with E-state index in [2.05, 4.69) is 50.6 Å². The number of benzene rings is 1. The largest absolute Gasteiger partial charge is 0.330 e. The van der Waals surface area contributed by atoms with Gasteiger partial charge in [0.1, 0.15) is 5.82 Å². The van der Waals surface area contributed by atoms with Crippen LogP contribution in [0.4, 0.5) is 10.5 Å². The average molecular weight is 316 g/mol. The predicted octanol–water partition coefficient (Wildman–Crippen LogP) is 2.28. The number of carbonyl (C=O) groups is 1. The fourth-order valence-electron chi connectivity index (χ4n) is 2.26. The summed E-state index contributed by atoms with van der Waals surface area (Å²) in [5.41, 5.74) is 1.95. The number of hydrogen-bond acceptors (Lipinski definition) is 4. The van der Waals surface area contributed by atoms with Crippen molar-refractivity contribution in [1.29, 1.82) is 0 Å². The van der Waals surface area contributed by atoms with E-state index in [4.69, 9.17) is 0 Å². The summed E-state index contributed by atoms with van der Waals surface area (Å²) in [6.07, 6.45) is 0. The molecule has 0 saturated carbocycles. The first kappa shape index (κ1) is 17.0. The summed E-state index contributed by atoms with van der Waals surface area (Å²) in [5, 5.41) is 12.3. The van der Waals surface area contributed by atoms with E-state index in [0.29, 0.717) is 5.82 Å². The van der Waals surface area contributed by atoms with E-state index in [1.165, 1.54) is 5.56 Å². The number of amides is 2. The van der Waals surface area contributed by atoms with Crippen LogP contribution < -0.4 is 10.6 Å². The van der Waals surface area contributed by atoms with E-state index in [0.717, 1.165) is 31.1 Å². The molecule has 1 aromatic heterocycles. The van der Waals surface area contributed by atoms with Gasteiger partial charge in [0.05, 0.1) is 6.54 Å². The summed E-state index contributed by atoms with van der Waals surface area (Å²) >= 11 is 0. The Morgan fingerprint density at radius 2 is 2.09 bits per heavy atom. The molecular formula is C16H24N6O. The molecule has 0 unspecified atom stereocenters. The maximum atomic E-state index is 11.9. The Hall–Kier alpha value is -2.41. The number of H-pyrrole nitrogens is 1. The van der Waals surface area contributed by atoms with Crippen molar-refractivity contribution >= 4 is 11.7 Å². The normalized spacial score (nSPS) is 10.8. The minimum Gasteiger partial charge on any atom is -0.330 e. The number of nitrogens with zero attached hydrogens (tertiary/aromatic N) is 3. The predicted molar refractivity (Wildman–Crippen MR) is 90.0 cm³/mol. The monoisotopic (exact) mass is 316 g/mol. The van der Waals surface area contributed by atoms with E-state index < -0.39 is 0 Å². The number of rotatable bonds is 7. The fourth-order valence-corrected chi connectivity index (χ4v) is 2.26. The third-order valence-electron chi connectivity index (χ3n) is 3.54. The van der Waals surface area contributed by atoms with E-state index in [1.807, 2.05) is 25.1 Å². The number of aromatic amines is 1. The maximum absolute atomic E-state index is 11.9. The van der Waals surface area contributed by atoms with Crippen LogP contribution in [0.5, 0.6) is 0 Å². The van der Waals surface area contributed by atoms with Crippen molar-refractivity contribution in [3.63, 3.8) is 0 Å². The Balaban J connectivity index is 1.87. The van der Waals surface area contributed by atoms with Gasteiger partial charge in [0.25, 0.3) is 0 Å². The smallest absolute Gasteiger partial charge is 0.319 e. The Labute approximate surface area is 136 Å². The lowest BCUT2D eigenvalue weighted by Gasteiger charge is -2.18. The molecule has 0 aliphatic carbocycles. The summed E-state index contributed by atoms with van der Waals surface area (Å²) in [7, 11) is 0. The van der Waals surface area contributed by atoms with Crippen molar-refractivity contribution in [2.24, 2.45) is 0 Å². The number of carbonyl (C=O) groups excluding carboxylic acids is 1. The lowest BCUT2D eigenvalue weighted by molar-refractivity contribution is 0.251. The summed E-state index contributed by atoms with van der Waals surface area (Å²) in [6.45, 7) is 9.27. The first-order valence-corrected chi connectivity index (χ1v) is 7.84. The standard InChI is InChI=1S/C16H24N6O/c1-4-22(5-2)11-13-7-6-8-14(9-13)19-16(23)17-10-15-18-12(3)20-21-15/h6-9H,4-5,10-11H2,1-3H3,(H2,17,19,23)(H,18,20,21). The minimum atomic E-state index is -0.271. The molecule has 0 atom stereocenters. The lowest BCUT2D eigenvalue weighted by atomic mass is 10.2. The third kappa shape index (κ3) is 5.37. The topological polar surface area (TPSA) is 85.9 Å². The third-order valence-corrected chi connectivity index (χ3v) is 3.54. The van der Waals surface area contributed by atoms with Crippen molar-refractivity contribution < 1.29 is 4.79 Å².